The Morgan fingerprint density at radius 3 is 2.72 bits per heavy atom. The summed E-state index contributed by atoms with van der Waals surface area (Å²) in [4.78, 5) is 0. The molecule has 1 aromatic rings. The van der Waals surface area contributed by atoms with Crippen molar-refractivity contribution in [3.63, 3.8) is 0 Å². The Bertz CT molecular complexity index is 388. The lowest BCUT2D eigenvalue weighted by atomic mass is 9.93. The normalized spacial score (nSPS) is 17.9. The van der Waals surface area contributed by atoms with Crippen molar-refractivity contribution in [2.24, 2.45) is 5.92 Å². The Kier molecular flexibility index (Phi) is 4.59. The largest absolute Gasteiger partial charge is 0.496 e. The zero-order valence-corrected chi connectivity index (χ0v) is 11.2. The number of nitrogens with one attached hydrogen (secondary N) is 1. The highest BCUT2D eigenvalue weighted by atomic mass is 19.1. The van der Waals surface area contributed by atoms with Gasteiger partial charge in [-0.2, -0.15) is 0 Å². The molecule has 0 aromatic heterocycles. The van der Waals surface area contributed by atoms with Crippen LogP contribution >= 0.6 is 0 Å². The second-order valence-electron chi connectivity index (χ2n) is 5.08. The SMILES string of the molecule is CNC(CC1CCCC1)c1c(F)cccc1OC. The molecule has 100 valence electrons. The lowest BCUT2D eigenvalue weighted by Gasteiger charge is -2.22. The lowest BCUT2D eigenvalue weighted by molar-refractivity contribution is 0.366. The van der Waals surface area contributed by atoms with Gasteiger partial charge >= 0.3 is 0 Å². The van der Waals surface area contributed by atoms with Gasteiger partial charge < -0.3 is 10.1 Å². The number of ether oxygens (including phenoxy) is 1. The van der Waals surface area contributed by atoms with E-state index in [-0.39, 0.29) is 11.9 Å². The highest BCUT2D eigenvalue weighted by Gasteiger charge is 2.24. The predicted molar refractivity (Wildman–Crippen MR) is 71.3 cm³/mol. The molecule has 3 heteroatoms. The highest BCUT2D eigenvalue weighted by Crippen LogP contribution is 2.36. The van der Waals surface area contributed by atoms with Crippen LogP contribution in [0.3, 0.4) is 0 Å². The van der Waals surface area contributed by atoms with Crippen LogP contribution < -0.4 is 10.1 Å². The molecular formula is C15H22FNO. The Labute approximate surface area is 109 Å². The van der Waals surface area contributed by atoms with Gasteiger partial charge in [0, 0.05) is 11.6 Å². The summed E-state index contributed by atoms with van der Waals surface area (Å²) in [6.45, 7) is 0. The van der Waals surface area contributed by atoms with Gasteiger partial charge in [-0.15, -0.1) is 0 Å². The molecule has 1 unspecified atom stereocenters. The fourth-order valence-electron chi connectivity index (χ4n) is 2.99. The number of benzene rings is 1. The predicted octanol–water partition coefficient (Wildman–Crippen LogP) is 3.68. The van der Waals surface area contributed by atoms with E-state index >= 15 is 0 Å². The van der Waals surface area contributed by atoms with Gasteiger partial charge in [0.1, 0.15) is 11.6 Å². The van der Waals surface area contributed by atoms with Crippen molar-refractivity contribution in [2.45, 2.75) is 38.1 Å². The molecule has 0 aliphatic heterocycles. The molecular weight excluding hydrogens is 229 g/mol. The summed E-state index contributed by atoms with van der Waals surface area (Å²) in [6.07, 6.45) is 6.17. The fraction of sp³-hybridized carbons (Fsp3) is 0.600. The van der Waals surface area contributed by atoms with Crippen molar-refractivity contribution in [1.29, 1.82) is 0 Å². The molecule has 0 radical (unpaired) electrons. The first-order valence-corrected chi connectivity index (χ1v) is 6.76. The van der Waals surface area contributed by atoms with E-state index in [0.717, 1.165) is 6.42 Å². The average Bonchev–Trinajstić information content (AvgIpc) is 2.89. The molecule has 0 spiro atoms. The third-order valence-electron chi connectivity index (χ3n) is 3.97. The van der Waals surface area contributed by atoms with Gasteiger partial charge in [0.15, 0.2) is 0 Å². The van der Waals surface area contributed by atoms with E-state index in [1.807, 2.05) is 13.1 Å². The fourth-order valence-corrected chi connectivity index (χ4v) is 2.99. The smallest absolute Gasteiger partial charge is 0.131 e. The quantitative estimate of drug-likeness (QED) is 0.862. The second-order valence-corrected chi connectivity index (χ2v) is 5.08. The van der Waals surface area contributed by atoms with Gasteiger partial charge in [-0.05, 0) is 31.5 Å². The highest BCUT2D eigenvalue weighted by molar-refractivity contribution is 5.37. The topological polar surface area (TPSA) is 21.3 Å². The van der Waals surface area contributed by atoms with Crippen molar-refractivity contribution < 1.29 is 9.13 Å². The molecule has 1 aliphatic rings. The molecule has 1 fully saturated rings. The molecule has 0 heterocycles. The molecule has 1 saturated carbocycles. The first kappa shape index (κ1) is 13.3. The van der Waals surface area contributed by atoms with Gasteiger partial charge in [-0.3, -0.25) is 0 Å². The Hall–Kier alpha value is -1.09. The molecule has 0 amide bonds. The monoisotopic (exact) mass is 251 g/mol. The molecule has 0 bridgehead atoms. The van der Waals surface area contributed by atoms with Crippen molar-refractivity contribution in [2.75, 3.05) is 14.2 Å². The Balaban J connectivity index is 2.20. The van der Waals surface area contributed by atoms with Crippen LogP contribution in [0.25, 0.3) is 0 Å². The van der Waals surface area contributed by atoms with Crippen LogP contribution in [0.15, 0.2) is 18.2 Å². The van der Waals surface area contributed by atoms with Gasteiger partial charge in [0.05, 0.1) is 7.11 Å². The number of hydrogen-bond acceptors (Lipinski definition) is 2. The molecule has 1 aliphatic carbocycles. The summed E-state index contributed by atoms with van der Waals surface area (Å²) in [5.41, 5.74) is 0.675. The van der Waals surface area contributed by atoms with Crippen LogP contribution in [0.2, 0.25) is 0 Å². The van der Waals surface area contributed by atoms with Crippen molar-refractivity contribution in [1.82, 2.24) is 5.32 Å². The van der Waals surface area contributed by atoms with Crippen LogP contribution in [0.1, 0.15) is 43.7 Å². The van der Waals surface area contributed by atoms with E-state index < -0.39 is 0 Å². The molecule has 1 N–H and O–H groups in total. The first-order valence-electron chi connectivity index (χ1n) is 6.76. The van der Waals surface area contributed by atoms with Gasteiger partial charge in [0.2, 0.25) is 0 Å². The van der Waals surface area contributed by atoms with Crippen molar-refractivity contribution in [3.05, 3.63) is 29.6 Å². The van der Waals surface area contributed by atoms with Crippen LogP contribution in [0, 0.1) is 11.7 Å². The minimum atomic E-state index is -0.174. The standard InChI is InChI=1S/C15H22FNO/c1-17-13(10-11-6-3-4-7-11)15-12(16)8-5-9-14(15)18-2/h5,8-9,11,13,17H,3-4,6-7,10H2,1-2H3. The molecule has 18 heavy (non-hydrogen) atoms. The van der Waals surface area contributed by atoms with Crippen LogP contribution in [0.5, 0.6) is 5.75 Å². The summed E-state index contributed by atoms with van der Waals surface area (Å²) in [7, 11) is 3.49. The Morgan fingerprint density at radius 2 is 2.11 bits per heavy atom. The molecule has 2 nitrogen and oxygen atoms in total. The van der Waals surface area contributed by atoms with E-state index in [9.17, 15) is 4.39 Å². The summed E-state index contributed by atoms with van der Waals surface area (Å²) in [5.74, 6) is 1.19. The number of rotatable bonds is 5. The van der Waals surface area contributed by atoms with E-state index in [1.165, 1.54) is 31.7 Å². The maximum Gasteiger partial charge on any atom is 0.131 e. The van der Waals surface area contributed by atoms with E-state index in [2.05, 4.69) is 5.32 Å². The van der Waals surface area contributed by atoms with Crippen LogP contribution in [-0.4, -0.2) is 14.2 Å². The van der Waals surface area contributed by atoms with Crippen molar-refractivity contribution >= 4 is 0 Å². The minimum Gasteiger partial charge on any atom is -0.496 e. The summed E-state index contributed by atoms with van der Waals surface area (Å²) in [6, 6.07) is 5.08. The van der Waals surface area contributed by atoms with Gasteiger partial charge in [-0.1, -0.05) is 31.7 Å². The zero-order valence-electron chi connectivity index (χ0n) is 11.2. The molecule has 1 aromatic carbocycles. The zero-order chi connectivity index (χ0) is 13.0. The molecule has 0 saturated heterocycles. The summed E-state index contributed by atoms with van der Waals surface area (Å²) in [5, 5.41) is 3.24. The van der Waals surface area contributed by atoms with Gasteiger partial charge in [-0.25, -0.2) is 4.39 Å². The lowest BCUT2D eigenvalue weighted by Crippen LogP contribution is -2.21. The first-order chi connectivity index (χ1) is 8.76. The summed E-state index contributed by atoms with van der Waals surface area (Å²) < 4.78 is 19.3. The average molecular weight is 251 g/mol. The second kappa shape index (κ2) is 6.19. The van der Waals surface area contributed by atoms with E-state index in [1.54, 1.807) is 13.2 Å². The van der Waals surface area contributed by atoms with Crippen molar-refractivity contribution in [3.8, 4) is 5.75 Å². The van der Waals surface area contributed by atoms with Crippen LogP contribution in [-0.2, 0) is 0 Å². The van der Waals surface area contributed by atoms with E-state index in [0.29, 0.717) is 17.2 Å². The van der Waals surface area contributed by atoms with Crippen LogP contribution in [0.4, 0.5) is 4.39 Å². The maximum atomic E-state index is 14.0. The minimum absolute atomic E-state index is 0.0456. The summed E-state index contributed by atoms with van der Waals surface area (Å²) >= 11 is 0. The number of halogens is 1. The third-order valence-corrected chi connectivity index (χ3v) is 3.97. The van der Waals surface area contributed by atoms with Gasteiger partial charge in [0.25, 0.3) is 0 Å². The third kappa shape index (κ3) is 2.83. The molecule has 1 atom stereocenters. The molecule has 2 rings (SSSR count). The maximum absolute atomic E-state index is 14.0. The number of methoxy groups -OCH3 is 1. The van der Waals surface area contributed by atoms with E-state index in [4.69, 9.17) is 4.74 Å². The number of hydrogen-bond donors (Lipinski definition) is 1. The Morgan fingerprint density at radius 1 is 1.39 bits per heavy atom.